The van der Waals surface area contributed by atoms with Crippen LogP contribution in [-0.2, 0) is 6.42 Å². The van der Waals surface area contributed by atoms with Crippen LogP contribution in [0, 0.1) is 17.7 Å². The van der Waals surface area contributed by atoms with Gasteiger partial charge in [0.05, 0.1) is 0 Å². The van der Waals surface area contributed by atoms with E-state index in [0.29, 0.717) is 6.04 Å². The van der Waals surface area contributed by atoms with Gasteiger partial charge < -0.3 is 5.32 Å². The van der Waals surface area contributed by atoms with Gasteiger partial charge in [-0.3, -0.25) is 0 Å². The summed E-state index contributed by atoms with van der Waals surface area (Å²) in [5, 5.41) is 3.67. The first-order chi connectivity index (χ1) is 8.75. The van der Waals surface area contributed by atoms with Crippen molar-refractivity contribution in [2.45, 2.75) is 45.1 Å². The number of fused-ring (bicyclic) bond motifs is 1. The minimum Gasteiger partial charge on any atom is -0.310 e. The van der Waals surface area contributed by atoms with Gasteiger partial charge in [0.15, 0.2) is 0 Å². The molecule has 0 spiro atoms. The number of benzene rings is 1. The maximum atomic E-state index is 13.6. The first-order valence-electron chi connectivity index (χ1n) is 7.26. The Bertz CT molecular complexity index is 429. The third-order valence-electron chi connectivity index (χ3n) is 4.88. The molecular formula is C16H22FN. The van der Waals surface area contributed by atoms with Crippen molar-refractivity contribution in [3.8, 4) is 0 Å². The van der Waals surface area contributed by atoms with Gasteiger partial charge in [-0.15, -0.1) is 0 Å². The molecule has 0 bridgehead atoms. The van der Waals surface area contributed by atoms with Crippen LogP contribution < -0.4 is 5.32 Å². The Morgan fingerprint density at radius 1 is 1.28 bits per heavy atom. The Labute approximate surface area is 109 Å². The fourth-order valence-electron chi connectivity index (χ4n) is 3.64. The summed E-state index contributed by atoms with van der Waals surface area (Å²) in [6.45, 7) is 3.46. The summed E-state index contributed by atoms with van der Waals surface area (Å²) in [5.74, 6) is 1.65. The first kappa shape index (κ1) is 12.2. The molecular weight excluding hydrogens is 225 g/mol. The molecule has 98 valence electrons. The highest BCUT2D eigenvalue weighted by Crippen LogP contribution is 2.35. The van der Waals surface area contributed by atoms with Crippen LogP contribution in [0.4, 0.5) is 4.39 Å². The summed E-state index contributed by atoms with van der Waals surface area (Å²) >= 11 is 0. The lowest BCUT2D eigenvalue weighted by atomic mass is 9.97. The zero-order valence-corrected chi connectivity index (χ0v) is 11.1. The fraction of sp³-hybridized carbons (Fsp3) is 0.625. The maximum absolute atomic E-state index is 13.6. The number of hydrogen-bond acceptors (Lipinski definition) is 1. The molecule has 3 unspecified atom stereocenters. The van der Waals surface area contributed by atoms with Gasteiger partial charge >= 0.3 is 0 Å². The Morgan fingerprint density at radius 3 is 2.94 bits per heavy atom. The Balaban J connectivity index is 1.64. The molecule has 1 N–H and O–H groups in total. The van der Waals surface area contributed by atoms with Crippen molar-refractivity contribution < 1.29 is 4.39 Å². The average Bonchev–Trinajstić information content (AvgIpc) is 2.94. The standard InChI is InChI=1S/C16H22FN/c1-11-4-2-5-12(11)10-18-16-9-8-13-14(16)6-3-7-15(13)17/h3,6-7,11-12,16,18H,2,4-5,8-10H2,1H3. The van der Waals surface area contributed by atoms with Crippen LogP contribution in [0.15, 0.2) is 18.2 Å². The monoisotopic (exact) mass is 247 g/mol. The van der Waals surface area contributed by atoms with Gasteiger partial charge in [0.25, 0.3) is 0 Å². The summed E-state index contributed by atoms with van der Waals surface area (Å²) in [7, 11) is 0. The Kier molecular flexibility index (Phi) is 3.38. The maximum Gasteiger partial charge on any atom is 0.126 e. The fourth-order valence-corrected chi connectivity index (χ4v) is 3.64. The average molecular weight is 247 g/mol. The summed E-state index contributed by atoms with van der Waals surface area (Å²) in [6, 6.07) is 5.89. The summed E-state index contributed by atoms with van der Waals surface area (Å²) in [5.41, 5.74) is 2.13. The van der Waals surface area contributed by atoms with Gasteiger partial charge in [-0.2, -0.15) is 0 Å². The van der Waals surface area contributed by atoms with E-state index in [9.17, 15) is 4.39 Å². The van der Waals surface area contributed by atoms with Gasteiger partial charge in [-0.1, -0.05) is 31.9 Å². The van der Waals surface area contributed by atoms with E-state index in [-0.39, 0.29) is 5.82 Å². The largest absolute Gasteiger partial charge is 0.310 e. The van der Waals surface area contributed by atoms with Gasteiger partial charge in [0, 0.05) is 6.04 Å². The van der Waals surface area contributed by atoms with Crippen LogP contribution in [0.2, 0.25) is 0 Å². The molecule has 2 aliphatic carbocycles. The quantitative estimate of drug-likeness (QED) is 0.855. The zero-order valence-electron chi connectivity index (χ0n) is 11.1. The highest BCUT2D eigenvalue weighted by molar-refractivity contribution is 5.35. The van der Waals surface area contributed by atoms with Crippen LogP contribution in [0.5, 0.6) is 0 Å². The molecule has 1 saturated carbocycles. The van der Waals surface area contributed by atoms with Crippen LogP contribution in [0.3, 0.4) is 0 Å². The molecule has 2 heteroatoms. The number of nitrogens with one attached hydrogen (secondary N) is 1. The lowest BCUT2D eigenvalue weighted by Gasteiger charge is -2.20. The predicted octanol–water partition coefficient (Wildman–Crippen LogP) is 3.84. The van der Waals surface area contributed by atoms with E-state index in [0.717, 1.165) is 36.8 Å². The van der Waals surface area contributed by atoms with Crippen molar-refractivity contribution in [2.75, 3.05) is 6.54 Å². The van der Waals surface area contributed by atoms with Crippen LogP contribution in [0.25, 0.3) is 0 Å². The summed E-state index contributed by atoms with van der Waals surface area (Å²) < 4.78 is 13.6. The first-order valence-corrected chi connectivity index (χ1v) is 7.26. The molecule has 2 aliphatic rings. The van der Waals surface area contributed by atoms with Crippen molar-refractivity contribution in [2.24, 2.45) is 11.8 Å². The molecule has 0 amide bonds. The van der Waals surface area contributed by atoms with Crippen molar-refractivity contribution in [1.29, 1.82) is 0 Å². The van der Waals surface area contributed by atoms with E-state index in [1.807, 2.05) is 6.07 Å². The normalized spacial score (nSPS) is 30.7. The van der Waals surface area contributed by atoms with Crippen LogP contribution in [-0.4, -0.2) is 6.54 Å². The molecule has 3 atom stereocenters. The SMILES string of the molecule is CC1CCCC1CNC1CCc2c(F)cccc21. The van der Waals surface area contributed by atoms with Crippen molar-refractivity contribution in [1.82, 2.24) is 5.32 Å². The Morgan fingerprint density at radius 2 is 2.17 bits per heavy atom. The molecule has 0 heterocycles. The van der Waals surface area contributed by atoms with E-state index in [2.05, 4.69) is 18.3 Å². The predicted molar refractivity (Wildman–Crippen MR) is 72.0 cm³/mol. The third kappa shape index (κ3) is 2.18. The molecule has 1 aromatic carbocycles. The van der Waals surface area contributed by atoms with Crippen molar-refractivity contribution in [3.63, 3.8) is 0 Å². The van der Waals surface area contributed by atoms with E-state index in [1.165, 1.54) is 24.8 Å². The van der Waals surface area contributed by atoms with E-state index in [4.69, 9.17) is 0 Å². The lowest BCUT2D eigenvalue weighted by molar-refractivity contribution is 0.367. The van der Waals surface area contributed by atoms with Crippen LogP contribution in [0.1, 0.15) is 49.8 Å². The number of rotatable bonds is 3. The molecule has 0 radical (unpaired) electrons. The Hall–Kier alpha value is -0.890. The molecule has 1 fully saturated rings. The molecule has 1 aromatic rings. The molecule has 0 aromatic heterocycles. The van der Waals surface area contributed by atoms with Gasteiger partial charge in [0.2, 0.25) is 0 Å². The minimum atomic E-state index is -0.0222. The van der Waals surface area contributed by atoms with Gasteiger partial charge in [-0.25, -0.2) is 4.39 Å². The van der Waals surface area contributed by atoms with E-state index < -0.39 is 0 Å². The van der Waals surface area contributed by atoms with Crippen molar-refractivity contribution in [3.05, 3.63) is 35.1 Å². The second-order valence-electron chi connectivity index (χ2n) is 5.98. The molecule has 0 saturated heterocycles. The van der Waals surface area contributed by atoms with Crippen molar-refractivity contribution >= 4 is 0 Å². The summed E-state index contributed by atoms with van der Waals surface area (Å²) in [6.07, 6.45) is 6.06. The molecule has 0 aliphatic heterocycles. The molecule has 18 heavy (non-hydrogen) atoms. The highest BCUT2D eigenvalue weighted by atomic mass is 19.1. The smallest absolute Gasteiger partial charge is 0.126 e. The van der Waals surface area contributed by atoms with Gasteiger partial charge in [0.1, 0.15) is 5.82 Å². The second kappa shape index (κ2) is 5.00. The second-order valence-corrected chi connectivity index (χ2v) is 5.98. The highest BCUT2D eigenvalue weighted by Gasteiger charge is 2.27. The molecule has 3 rings (SSSR count). The summed E-state index contributed by atoms with van der Waals surface area (Å²) in [4.78, 5) is 0. The van der Waals surface area contributed by atoms with E-state index in [1.54, 1.807) is 6.07 Å². The topological polar surface area (TPSA) is 12.0 Å². The minimum absolute atomic E-state index is 0.0222. The van der Waals surface area contributed by atoms with Crippen LogP contribution >= 0.6 is 0 Å². The lowest BCUT2D eigenvalue weighted by Crippen LogP contribution is -2.27. The van der Waals surface area contributed by atoms with Gasteiger partial charge in [-0.05, 0) is 54.8 Å². The number of hydrogen-bond donors (Lipinski definition) is 1. The zero-order chi connectivity index (χ0) is 12.5. The molecule has 1 nitrogen and oxygen atoms in total. The number of halogens is 1. The third-order valence-corrected chi connectivity index (χ3v) is 4.88. The van der Waals surface area contributed by atoms with E-state index >= 15 is 0 Å².